The summed E-state index contributed by atoms with van der Waals surface area (Å²) in [6.45, 7) is 0. The summed E-state index contributed by atoms with van der Waals surface area (Å²) in [6, 6.07) is 2.99. The fraction of sp³-hybridized carbons (Fsp3) is 0.125. The first-order chi connectivity index (χ1) is 7.41. The predicted octanol–water partition coefficient (Wildman–Crippen LogP) is 1.05. The van der Waals surface area contributed by atoms with Crippen molar-refractivity contribution in [3.05, 3.63) is 34.1 Å². The van der Waals surface area contributed by atoms with E-state index in [2.05, 4.69) is 10.3 Å². The van der Waals surface area contributed by atoms with E-state index in [9.17, 15) is 18.0 Å². The van der Waals surface area contributed by atoms with Gasteiger partial charge in [-0.25, -0.2) is 0 Å². The number of hydrogen-bond donors (Lipinski definition) is 1. The lowest BCUT2D eigenvalue weighted by atomic mass is 10.1. The Kier molecular flexibility index (Phi) is 2.07. The SMILES string of the molecule is O=c1c2cccc(C(F)(F)F)c2nnn1O. The lowest BCUT2D eigenvalue weighted by molar-refractivity contribution is -0.136. The Balaban J connectivity index is 2.91. The quantitative estimate of drug-likeness (QED) is 0.688. The smallest absolute Gasteiger partial charge is 0.407 e. The maximum Gasteiger partial charge on any atom is 0.418 e. The van der Waals surface area contributed by atoms with Gasteiger partial charge < -0.3 is 5.21 Å². The lowest BCUT2D eigenvalue weighted by Gasteiger charge is -2.08. The molecule has 1 heterocycles. The number of alkyl halides is 3. The second kappa shape index (κ2) is 3.19. The van der Waals surface area contributed by atoms with Gasteiger partial charge in [0.1, 0.15) is 5.52 Å². The maximum absolute atomic E-state index is 12.5. The van der Waals surface area contributed by atoms with Crippen molar-refractivity contribution in [3.63, 3.8) is 0 Å². The number of rotatable bonds is 0. The van der Waals surface area contributed by atoms with Gasteiger partial charge in [0.15, 0.2) is 0 Å². The van der Waals surface area contributed by atoms with Crippen molar-refractivity contribution in [3.8, 4) is 0 Å². The molecular formula is C8H4F3N3O2. The van der Waals surface area contributed by atoms with Gasteiger partial charge in [-0.15, -0.1) is 5.10 Å². The molecular weight excluding hydrogens is 227 g/mol. The zero-order chi connectivity index (χ0) is 11.9. The predicted molar refractivity (Wildman–Crippen MR) is 46.0 cm³/mol. The summed E-state index contributed by atoms with van der Waals surface area (Å²) in [5.41, 5.74) is -2.68. The lowest BCUT2D eigenvalue weighted by Crippen LogP contribution is -2.23. The molecule has 0 aliphatic carbocycles. The molecule has 0 radical (unpaired) electrons. The van der Waals surface area contributed by atoms with Crippen LogP contribution in [0.2, 0.25) is 0 Å². The number of fused-ring (bicyclic) bond motifs is 1. The van der Waals surface area contributed by atoms with Crippen LogP contribution in [-0.2, 0) is 6.18 Å². The summed E-state index contributed by atoms with van der Waals surface area (Å²) in [7, 11) is 0. The van der Waals surface area contributed by atoms with Gasteiger partial charge in [0, 0.05) is 0 Å². The van der Waals surface area contributed by atoms with Gasteiger partial charge in [-0.3, -0.25) is 4.79 Å². The molecule has 0 spiro atoms. The Hall–Kier alpha value is -2.12. The largest absolute Gasteiger partial charge is 0.418 e. The molecule has 2 rings (SSSR count). The molecule has 1 aromatic carbocycles. The van der Waals surface area contributed by atoms with Crippen LogP contribution in [0.3, 0.4) is 0 Å². The topological polar surface area (TPSA) is 68.0 Å². The molecule has 1 aromatic heterocycles. The zero-order valence-electron chi connectivity index (χ0n) is 7.56. The van der Waals surface area contributed by atoms with Crippen molar-refractivity contribution in [2.45, 2.75) is 6.18 Å². The molecule has 0 unspecified atom stereocenters. The van der Waals surface area contributed by atoms with Crippen LogP contribution in [0.15, 0.2) is 23.0 Å². The molecule has 0 aliphatic rings. The molecule has 0 aliphatic heterocycles. The minimum atomic E-state index is -4.62. The molecule has 0 bridgehead atoms. The molecule has 1 N–H and O–H groups in total. The van der Waals surface area contributed by atoms with Crippen LogP contribution >= 0.6 is 0 Å². The molecule has 2 aromatic rings. The summed E-state index contributed by atoms with van der Waals surface area (Å²) >= 11 is 0. The first kappa shape index (κ1) is 10.4. The highest BCUT2D eigenvalue weighted by molar-refractivity contribution is 5.80. The average Bonchev–Trinajstić information content (AvgIpc) is 2.21. The number of hydrogen-bond acceptors (Lipinski definition) is 4. The van der Waals surface area contributed by atoms with Crippen LogP contribution in [0.1, 0.15) is 5.56 Å². The van der Waals surface area contributed by atoms with E-state index in [-0.39, 0.29) is 10.2 Å². The maximum atomic E-state index is 12.5. The van der Waals surface area contributed by atoms with Crippen LogP contribution in [0.4, 0.5) is 13.2 Å². The molecule has 5 nitrogen and oxygen atoms in total. The summed E-state index contributed by atoms with van der Waals surface area (Å²) in [6.07, 6.45) is -4.62. The summed E-state index contributed by atoms with van der Waals surface area (Å²) in [5.74, 6) is 0. The van der Waals surface area contributed by atoms with E-state index in [4.69, 9.17) is 5.21 Å². The molecule has 0 saturated heterocycles. The van der Waals surface area contributed by atoms with Crippen molar-refractivity contribution in [1.82, 2.24) is 15.2 Å². The van der Waals surface area contributed by atoms with Crippen molar-refractivity contribution in [1.29, 1.82) is 0 Å². The Morgan fingerprint density at radius 2 is 2.00 bits per heavy atom. The van der Waals surface area contributed by atoms with Crippen LogP contribution in [-0.4, -0.2) is 20.4 Å². The molecule has 0 saturated carbocycles. The van der Waals surface area contributed by atoms with Gasteiger partial charge in [-0.2, -0.15) is 13.2 Å². The van der Waals surface area contributed by atoms with E-state index in [1.165, 1.54) is 0 Å². The molecule has 0 amide bonds. The number of benzene rings is 1. The van der Waals surface area contributed by atoms with E-state index in [1.54, 1.807) is 0 Å². The number of aromatic nitrogens is 3. The number of halogens is 3. The fourth-order valence-corrected chi connectivity index (χ4v) is 1.29. The van der Waals surface area contributed by atoms with Crippen LogP contribution in [0, 0.1) is 0 Å². The Labute approximate surface area is 85.7 Å². The third-order valence-electron chi connectivity index (χ3n) is 1.98. The van der Waals surface area contributed by atoms with Crippen molar-refractivity contribution < 1.29 is 18.4 Å². The third-order valence-corrected chi connectivity index (χ3v) is 1.98. The van der Waals surface area contributed by atoms with Gasteiger partial charge in [0.05, 0.1) is 10.9 Å². The van der Waals surface area contributed by atoms with E-state index in [1.807, 2.05) is 0 Å². The van der Waals surface area contributed by atoms with Crippen molar-refractivity contribution >= 4 is 10.9 Å². The Morgan fingerprint density at radius 1 is 1.31 bits per heavy atom. The van der Waals surface area contributed by atoms with Gasteiger partial charge >= 0.3 is 11.7 Å². The molecule has 0 fully saturated rings. The van der Waals surface area contributed by atoms with Crippen LogP contribution < -0.4 is 5.56 Å². The fourth-order valence-electron chi connectivity index (χ4n) is 1.29. The Bertz CT molecular complexity index is 605. The van der Waals surface area contributed by atoms with Crippen molar-refractivity contribution in [2.24, 2.45) is 0 Å². The summed E-state index contributed by atoms with van der Waals surface area (Å²) in [5, 5.41) is 14.6. The van der Waals surface area contributed by atoms with Crippen molar-refractivity contribution in [2.75, 3.05) is 0 Å². The summed E-state index contributed by atoms with van der Waals surface area (Å²) < 4.78 is 37.5. The van der Waals surface area contributed by atoms with Crippen LogP contribution in [0.25, 0.3) is 10.9 Å². The van der Waals surface area contributed by atoms with E-state index in [0.717, 1.165) is 18.2 Å². The second-order valence-corrected chi connectivity index (χ2v) is 2.98. The number of nitrogens with zero attached hydrogens (tertiary/aromatic N) is 3. The van der Waals surface area contributed by atoms with E-state index < -0.39 is 22.8 Å². The summed E-state index contributed by atoms with van der Waals surface area (Å²) in [4.78, 5) is 11.1. The van der Waals surface area contributed by atoms with E-state index >= 15 is 0 Å². The zero-order valence-corrected chi connectivity index (χ0v) is 7.56. The minimum absolute atomic E-state index is 0.109. The average molecular weight is 231 g/mol. The van der Waals surface area contributed by atoms with Gasteiger partial charge in [-0.1, -0.05) is 6.07 Å². The van der Waals surface area contributed by atoms with Gasteiger partial charge in [0.2, 0.25) is 0 Å². The third kappa shape index (κ3) is 1.47. The van der Waals surface area contributed by atoms with Gasteiger partial charge in [0.25, 0.3) is 0 Å². The van der Waals surface area contributed by atoms with Gasteiger partial charge in [-0.05, 0) is 22.2 Å². The highest BCUT2D eigenvalue weighted by Crippen LogP contribution is 2.32. The Morgan fingerprint density at radius 3 is 2.62 bits per heavy atom. The van der Waals surface area contributed by atoms with E-state index in [0.29, 0.717) is 0 Å². The molecule has 8 heteroatoms. The normalized spacial score (nSPS) is 11.9. The standard InChI is InChI=1S/C8H4F3N3O2/c9-8(10,11)5-3-1-2-4-6(5)12-13-14(16)7(4)15/h1-3,16H. The first-order valence-electron chi connectivity index (χ1n) is 4.06. The highest BCUT2D eigenvalue weighted by atomic mass is 19.4. The second-order valence-electron chi connectivity index (χ2n) is 2.98. The highest BCUT2D eigenvalue weighted by Gasteiger charge is 2.33. The molecule has 84 valence electrons. The first-order valence-corrected chi connectivity index (χ1v) is 4.06. The van der Waals surface area contributed by atoms with Crippen LogP contribution in [0.5, 0.6) is 0 Å². The minimum Gasteiger partial charge on any atom is -0.407 e. The monoisotopic (exact) mass is 231 g/mol. The molecule has 16 heavy (non-hydrogen) atoms. The molecule has 0 atom stereocenters.